The number of ether oxygens (including phenoxy) is 2. The van der Waals surface area contributed by atoms with Gasteiger partial charge >= 0.3 is 0 Å². The number of nitrogens with two attached hydrogens (primary N) is 1. The molecule has 0 spiro atoms. The predicted molar refractivity (Wildman–Crippen MR) is 82.1 cm³/mol. The topological polar surface area (TPSA) is 64.8 Å². The van der Waals surface area contributed by atoms with Crippen LogP contribution < -0.4 is 10.5 Å². The molecule has 0 saturated carbocycles. The number of carbonyl (C=O) groups is 1. The van der Waals surface area contributed by atoms with E-state index in [1.165, 1.54) is 5.57 Å². The van der Waals surface area contributed by atoms with Gasteiger partial charge in [0.1, 0.15) is 5.75 Å². The highest BCUT2D eigenvalue weighted by molar-refractivity contribution is 5.76. The largest absolute Gasteiger partial charge is 0.493 e. The van der Waals surface area contributed by atoms with Crippen molar-refractivity contribution in [1.82, 2.24) is 4.90 Å². The molecule has 1 aromatic carbocycles. The van der Waals surface area contributed by atoms with Crippen LogP contribution in [0.4, 0.5) is 5.69 Å². The summed E-state index contributed by atoms with van der Waals surface area (Å²) in [6.07, 6.45) is 3.35. The summed E-state index contributed by atoms with van der Waals surface area (Å²) >= 11 is 0. The van der Waals surface area contributed by atoms with E-state index >= 15 is 0 Å². The highest BCUT2D eigenvalue weighted by atomic mass is 16.5. The Kier molecular flexibility index (Phi) is 5.63. The van der Waals surface area contributed by atoms with Crippen LogP contribution in [0.2, 0.25) is 0 Å². The SMILES string of the molecule is COCC1=CCN(C(=O)CCOc2ccc(N)cc2)CC1. The van der Waals surface area contributed by atoms with Gasteiger partial charge in [-0.05, 0) is 36.3 Å². The molecule has 1 aliphatic heterocycles. The van der Waals surface area contributed by atoms with Gasteiger partial charge in [-0.1, -0.05) is 6.08 Å². The summed E-state index contributed by atoms with van der Waals surface area (Å²) in [6, 6.07) is 7.18. The van der Waals surface area contributed by atoms with Gasteiger partial charge in [-0.25, -0.2) is 0 Å². The fourth-order valence-corrected chi connectivity index (χ4v) is 2.23. The van der Waals surface area contributed by atoms with Crippen LogP contribution in [0.15, 0.2) is 35.9 Å². The summed E-state index contributed by atoms with van der Waals surface area (Å²) < 4.78 is 10.6. The molecule has 0 fully saturated rings. The lowest BCUT2D eigenvalue weighted by Gasteiger charge is -2.26. The Morgan fingerprint density at radius 2 is 2.10 bits per heavy atom. The van der Waals surface area contributed by atoms with Crippen LogP contribution >= 0.6 is 0 Å². The molecule has 0 saturated heterocycles. The van der Waals surface area contributed by atoms with Crippen LogP contribution in [0.1, 0.15) is 12.8 Å². The molecule has 1 aromatic rings. The monoisotopic (exact) mass is 290 g/mol. The molecule has 1 aliphatic rings. The molecule has 1 heterocycles. The zero-order valence-corrected chi connectivity index (χ0v) is 12.4. The predicted octanol–water partition coefficient (Wildman–Crippen LogP) is 1.84. The minimum Gasteiger partial charge on any atom is -0.493 e. The van der Waals surface area contributed by atoms with Crippen molar-refractivity contribution in [3.8, 4) is 5.75 Å². The molecule has 2 N–H and O–H groups in total. The third-order valence-corrected chi connectivity index (χ3v) is 3.45. The van der Waals surface area contributed by atoms with Gasteiger partial charge in [0.25, 0.3) is 0 Å². The van der Waals surface area contributed by atoms with E-state index in [4.69, 9.17) is 15.2 Å². The maximum Gasteiger partial charge on any atom is 0.226 e. The summed E-state index contributed by atoms with van der Waals surface area (Å²) in [5.74, 6) is 0.857. The molecule has 5 heteroatoms. The van der Waals surface area contributed by atoms with Crippen molar-refractivity contribution in [3.63, 3.8) is 0 Å². The number of anilines is 1. The van der Waals surface area contributed by atoms with Crippen molar-refractivity contribution >= 4 is 11.6 Å². The average Bonchev–Trinajstić information content (AvgIpc) is 2.50. The highest BCUT2D eigenvalue weighted by Crippen LogP contribution is 2.14. The molecule has 0 radical (unpaired) electrons. The lowest BCUT2D eigenvalue weighted by atomic mass is 10.1. The van der Waals surface area contributed by atoms with E-state index in [-0.39, 0.29) is 5.91 Å². The number of carbonyl (C=O) groups excluding carboxylic acids is 1. The van der Waals surface area contributed by atoms with Crippen molar-refractivity contribution in [2.75, 3.05) is 39.1 Å². The van der Waals surface area contributed by atoms with Gasteiger partial charge in [-0.15, -0.1) is 0 Å². The quantitative estimate of drug-likeness (QED) is 0.641. The van der Waals surface area contributed by atoms with Gasteiger partial charge in [0, 0.05) is 25.9 Å². The zero-order valence-electron chi connectivity index (χ0n) is 12.4. The first-order valence-corrected chi connectivity index (χ1v) is 7.12. The first kappa shape index (κ1) is 15.4. The highest BCUT2D eigenvalue weighted by Gasteiger charge is 2.16. The van der Waals surface area contributed by atoms with Gasteiger partial charge in [-0.3, -0.25) is 4.79 Å². The van der Waals surface area contributed by atoms with Crippen LogP contribution in [0, 0.1) is 0 Å². The fraction of sp³-hybridized carbons (Fsp3) is 0.438. The number of amides is 1. The van der Waals surface area contributed by atoms with Crippen LogP contribution in [0.25, 0.3) is 0 Å². The van der Waals surface area contributed by atoms with Crippen molar-refractivity contribution in [2.45, 2.75) is 12.8 Å². The van der Waals surface area contributed by atoms with Crippen molar-refractivity contribution in [1.29, 1.82) is 0 Å². The lowest BCUT2D eigenvalue weighted by Crippen LogP contribution is -2.36. The Morgan fingerprint density at radius 3 is 2.71 bits per heavy atom. The van der Waals surface area contributed by atoms with E-state index in [0.29, 0.717) is 31.9 Å². The number of rotatable bonds is 6. The number of methoxy groups -OCH3 is 1. The molecule has 0 atom stereocenters. The Hall–Kier alpha value is -2.01. The van der Waals surface area contributed by atoms with E-state index in [1.807, 2.05) is 4.90 Å². The third-order valence-electron chi connectivity index (χ3n) is 3.45. The van der Waals surface area contributed by atoms with E-state index in [0.717, 1.165) is 18.7 Å². The molecule has 1 amide bonds. The fourth-order valence-electron chi connectivity index (χ4n) is 2.23. The maximum atomic E-state index is 12.1. The Bertz CT molecular complexity index is 497. The second-order valence-corrected chi connectivity index (χ2v) is 5.05. The second-order valence-electron chi connectivity index (χ2n) is 5.05. The van der Waals surface area contributed by atoms with E-state index in [2.05, 4.69) is 6.08 Å². The number of nitrogens with zero attached hydrogens (tertiary/aromatic N) is 1. The van der Waals surface area contributed by atoms with Gasteiger partial charge in [0.2, 0.25) is 5.91 Å². The minimum atomic E-state index is 0.123. The van der Waals surface area contributed by atoms with Gasteiger partial charge in [-0.2, -0.15) is 0 Å². The van der Waals surface area contributed by atoms with Gasteiger partial charge in [0.05, 0.1) is 19.6 Å². The van der Waals surface area contributed by atoms with Gasteiger partial charge in [0.15, 0.2) is 0 Å². The molecule has 5 nitrogen and oxygen atoms in total. The van der Waals surface area contributed by atoms with Crippen molar-refractivity contribution < 1.29 is 14.3 Å². The number of hydrogen-bond acceptors (Lipinski definition) is 4. The standard InChI is InChI=1S/C16H22N2O3/c1-20-12-13-6-9-18(10-7-13)16(19)8-11-21-15-4-2-14(17)3-5-15/h2-6H,7-12,17H2,1H3. The third kappa shape index (κ3) is 4.79. The summed E-state index contributed by atoms with van der Waals surface area (Å²) in [5.41, 5.74) is 7.57. The first-order chi connectivity index (χ1) is 10.2. The lowest BCUT2D eigenvalue weighted by molar-refractivity contribution is -0.131. The molecule has 0 aliphatic carbocycles. The van der Waals surface area contributed by atoms with Gasteiger partial charge < -0.3 is 20.1 Å². The molecule has 0 aromatic heterocycles. The molecule has 0 unspecified atom stereocenters. The van der Waals surface area contributed by atoms with E-state index < -0.39 is 0 Å². The van der Waals surface area contributed by atoms with Crippen LogP contribution in [0.5, 0.6) is 5.75 Å². The van der Waals surface area contributed by atoms with E-state index in [9.17, 15) is 4.79 Å². The molecule has 21 heavy (non-hydrogen) atoms. The van der Waals surface area contributed by atoms with E-state index in [1.54, 1.807) is 31.4 Å². The Morgan fingerprint density at radius 1 is 1.33 bits per heavy atom. The molecule has 0 bridgehead atoms. The minimum absolute atomic E-state index is 0.123. The van der Waals surface area contributed by atoms with Crippen LogP contribution in [-0.4, -0.2) is 44.2 Å². The Labute approximate surface area is 125 Å². The van der Waals surface area contributed by atoms with Crippen molar-refractivity contribution in [2.24, 2.45) is 0 Å². The number of benzene rings is 1. The summed E-state index contributed by atoms with van der Waals surface area (Å²) in [7, 11) is 1.69. The normalized spacial score (nSPS) is 14.7. The zero-order chi connectivity index (χ0) is 15.1. The summed E-state index contributed by atoms with van der Waals surface area (Å²) in [4.78, 5) is 13.9. The molecule has 114 valence electrons. The second kappa shape index (κ2) is 7.69. The van der Waals surface area contributed by atoms with Crippen molar-refractivity contribution in [3.05, 3.63) is 35.9 Å². The first-order valence-electron chi connectivity index (χ1n) is 7.12. The van der Waals surface area contributed by atoms with Crippen LogP contribution in [-0.2, 0) is 9.53 Å². The maximum absolute atomic E-state index is 12.1. The number of hydrogen-bond donors (Lipinski definition) is 1. The smallest absolute Gasteiger partial charge is 0.226 e. The summed E-state index contributed by atoms with van der Waals surface area (Å²) in [6.45, 7) is 2.46. The Balaban J connectivity index is 1.71. The summed E-state index contributed by atoms with van der Waals surface area (Å²) in [5, 5.41) is 0. The molecular weight excluding hydrogens is 268 g/mol. The van der Waals surface area contributed by atoms with Crippen LogP contribution in [0.3, 0.4) is 0 Å². The molecular formula is C16H22N2O3. The number of nitrogen functional groups attached to an aromatic ring is 1. The molecule has 2 rings (SSSR count). The average molecular weight is 290 g/mol.